The predicted octanol–water partition coefficient (Wildman–Crippen LogP) is 3.93. The van der Waals surface area contributed by atoms with Crippen LogP contribution >= 0.6 is 0 Å². The molecule has 0 aliphatic carbocycles. The molecule has 23 heavy (non-hydrogen) atoms. The van der Waals surface area contributed by atoms with Crippen molar-refractivity contribution in [3.63, 3.8) is 0 Å². The molecule has 0 radical (unpaired) electrons. The third-order valence-corrected chi connectivity index (χ3v) is 3.26. The first kappa shape index (κ1) is 16.6. The van der Waals surface area contributed by atoms with Crippen molar-refractivity contribution >= 4 is 11.4 Å². The van der Waals surface area contributed by atoms with Gasteiger partial charge in [-0.05, 0) is 12.0 Å². The second kappa shape index (κ2) is 8.03. The van der Waals surface area contributed by atoms with Gasteiger partial charge < -0.3 is 15.2 Å². The molecule has 2 rings (SSSR count). The number of benzene rings is 2. The summed E-state index contributed by atoms with van der Waals surface area (Å²) in [4.78, 5) is 10.7. The van der Waals surface area contributed by atoms with Crippen LogP contribution in [0.3, 0.4) is 0 Å². The van der Waals surface area contributed by atoms with Crippen molar-refractivity contribution in [1.82, 2.24) is 0 Å². The molecule has 0 unspecified atom stereocenters. The molecule has 0 amide bonds. The summed E-state index contributed by atoms with van der Waals surface area (Å²) in [6.45, 7) is 2.81. The van der Waals surface area contributed by atoms with Crippen LogP contribution in [-0.2, 0) is 6.61 Å². The number of nitrogens with two attached hydrogens (primary N) is 1. The molecule has 6 nitrogen and oxygen atoms in total. The molecule has 122 valence electrons. The van der Waals surface area contributed by atoms with E-state index >= 15 is 0 Å². The molecule has 2 N–H and O–H groups in total. The Morgan fingerprint density at radius 2 is 1.91 bits per heavy atom. The molecule has 0 heterocycles. The van der Waals surface area contributed by atoms with Crippen LogP contribution in [0.2, 0.25) is 0 Å². The molecule has 0 atom stereocenters. The van der Waals surface area contributed by atoms with E-state index in [-0.39, 0.29) is 23.7 Å². The quantitative estimate of drug-likeness (QED) is 0.345. The van der Waals surface area contributed by atoms with Crippen LogP contribution in [0.4, 0.5) is 11.4 Å². The van der Waals surface area contributed by atoms with E-state index in [1.165, 1.54) is 12.1 Å². The third-order valence-electron chi connectivity index (χ3n) is 3.26. The molecule has 2 aromatic rings. The van der Waals surface area contributed by atoms with Gasteiger partial charge in [0.2, 0.25) is 5.75 Å². The molecule has 0 bridgehead atoms. The second-order valence-electron chi connectivity index (χ2n) is 5.09. The average Bonchev–Trinajstić information content (AvgIpc) is 2.53. The maximum atomic E-state index is 11.2. The number of hydrogen-bond donors (Lipinski definition) is 1. The summed E-state index contributed by atoms with van der Waals surface area (Å²) in [6, 6.07) is 12.4. The standard InChI is InChI=1S/C17H20N2O4/c1-2-3-9-22-14-10-15(18)17(19(20)21)16(11-14)23-12-13-7-5-4-6-8-13/h4-8,10-11H,2-3,9,12,18H2,1H3. The van der Waals surface area contributed by atoms with Crippen LogP contribution < -0.4 is 15.2 Å². The Labute approximate surface area is 135 Å². The summed E-state index contributed by atoms with van der Waals surface area (Å²) in [5, 5.41) is 11.2. The van der Waals surface area contributed by atoms with Gasteiger partial charge in [-0.2, -0.15) is 0 Å². The summed E-state index contributed by atoms with van der Waals surface area (Å²) in [5.41, 5.74) is 6.51. The van der Waals surface area contributed by atoms with Crippen molar-refractivity contribution in [1.29, 1.82) is 0 Å². The normalized spacial score (nSPS) is 10.3. The number of nitrogens with zero attached hydrogens (tertiary/aromatic N) is 1. The minimum atomic E-state index is -0.536. The van der Waals surface area contributed by atoms with Crippen molar-refractivity contribution < 1.29 is 14.4 Å². The molecule has 0 aliphatic heterocycles. The van der Waals surface area contributed by atoms with Gasteiger partial charge in [-0.3, -0.25) is 10.1 Å². The van der Waals surface area contributed by atoms with Crippen LogP contribution in [0.5, 0.6) is 11.5 Å². The lowest BCUT2D eigenvalue weighted by atomic mass is 10.2. The van der Waals surface area contributed by atoms with Crippen LogP contribution in [0.15, 0.2) is 42.5 Å². The monoisotopic (exact) mass is 316 g/mol. The predicted molar refractivity (Wildman–Crippen MR) is 88.7 cm³/mol. The molecule has 0 saturated heterocycles. The van der Waals surface area contributed by atoms with Crippen molar-refractivity contribution in [2.24, 2.45) is 0 Å². The Bertz CT molecular complexity index is 659. The van der Waals surface area contributed by atoms with Crippen molar-refractivity contribution in [2.75, 3.05) is 12.3 Å². The van der Waals surface area contributed by atoms with Gasteiger partial charge in [0.15, 0.2) is 0 Å². The SMILES string of the molecule is CCCCOc1cc(N)c([N+](=O)[O-])c(OCc2ccccc2)c1. The van der Waals surface area contributed by atoms with E-state index in [1.807, 2.05) is 30.3 Å². The van der Waals surface area contributed by atoms with Crippen LogP contribution in [0.1, 0.15) is 25.3 Å². The zero-order valence-electron chi connectivity index (χ0n) is 13.0. The fourth-order valence-electron chi connectivity index (χ4n) is 2.06. The fourth-order valence-corrected chi connectivity index (χ4v) is 2.06. The highest BCUT2D eigenvalue weighted by Crippen LogP contribution is 2.37. The Kier molecular flexibility index (Phi) is 5.80. The summed E-state index contributed by atoms with van der Waals surface area (Å²) in [5.74, 6) is 0.593. The van der Waals surface area contributed by atoms with E-state index in [4.69, 9.17) is 15.2 Å². The van der Waals surface area contributed by atoms with Gasteiger partial charge in [-0.15, -0.1) is 0 Å². The molecule has 0 aliphatic rings. The lowest BCUT2D eigenvalue weighted by Crippen LogP contribution is -2.04. The molecule has 0 saturated carbocycles. The minimum absolute atomic E-state index is 0.0343. The number of nitro benzene ring substituents is 1. The minimum Gasteiger partial charge on any atom is -0.493 e. The van der Waals surface area contributed by atoms with E-state index < -0.39 is 4.92 Å². The Balaban J connectivity index is 2.21. The lowest BCUT2D eigenvalue weighted by molar-refractivity contribution is -0.385. The van der Waals surface area contributed by atoms with Crippen molar-refractivity contribution in [3.8, 4) is 11.5 Å². The van der Waals surface area contributed by atoms with Crippen molar-refractivity contribution in [2.45, 2.75) is 26.4 Å². The lowest BCUT2D eigenvalue weighted by Gasteiger charge is -2.11. The van der Waals surface area contributed by atoms with Crippen LogP contribution in [0.25, 0.3) is 0 Å². The first-order chi connectivity index (χ1) is 11.1. The molecule has 0 fully saturated rings. The van der Waals surface area contributed by atoms with Gasteiger partial charge in [0.05, 0.1) is 11.5 Å². The van der Waals surface area contributed by atoms with E-state index in [2.05, 4.69) is 6.92 Å². The highest BCUT2D eigenvalue weighted by molar-refractivity contribution is 5.68. The zero-order valence-corrected chi connectivity index (χ0v) is 13.0. The van der Waals surface area contributed by atoms with E-state index in [0.717, 1.165) is 18.4 Å². The van der Waals surface area contributed by atoms with Gasteiger partial charge >= 0.3 is 5.69 Å². The van der Waals surface area contributed by atoms with Crippen LogP contribution in [0, 0.1) is 10.1 Å². The number of unbranched alkanes of at least 4 members (excludes halogenated alkanes) is 1. The third kappa shape index (κ3) is 4.60. The van der Waals surface area contributed by atoms with E-state index in [0.29, 0.717) is 12.4 Å². The Hall–Kier alpha value is -2.76. The maximum Gasteiger partial charge on any atom is 0.333 e. The zero-order chi connectivity index (χ0) is 16.7. The summed E-state index contributed by atoms with van der Waals surface area (Å²) >= 11 is 0. The second-order valence-corrected chi connectivity index (χ2v) is 5.09. The number of anilines is 1. The molecule has 0 aromatic heterocycles. The van der Waals surface area contributed by atoms with Gasteiger partial charge in [0.25, 0.3) is 0 Å². The van der Waals surface area contributed by atoms with E-state index in [9.17, 15) is 10.1 Å². The van der Waals surface area contributed by atoms with Gasteiger partial charge in [0, 0.05) is 12.1 Å². The molecule has 2 aromatic carbocycles. The van der Waals surface area contributed by atoms with Crippen molar-refractivity contribution in [3.05, 3.63) is 58.1 Å². The first-order valence-electron chi connectivity index (χ1n) is 7.49. The first-order valence-corrected chi connectivity index (χ1v) is 7.49. The number of nitrogen functional groups attached to an aromatic ring is 1. The van der Waals surface area contributed by atoms with Gasteiger partial charge in [-0.1, -0.05) is 43.7 Å². The average molecular weight is 316 g/mol. The number of ether oxygens (including phenoxy) is 2. The molecular formula is C17H20N2O4. The number of rotatable bonds is 8. The topological polar surface area (TPSA) is 87.6 Å². The smallest absolute Gasteiger partial charge is 0.333 e. The highest BCUT2D eigenvalue weighted by Gasteiger charge is 2.21. The van der Waals surface area contributed by atoms with Crippen LogP contribution in [-0.4, -0.2) is 11.5 Å². The van der Waals surface area contributed by atoms with Gasteiger partial charge in [-0.25, -0.2) is 0 Å². The Morgan fingerprint density at radius 1 is 1.17 bits per heavy atom. The molecule has 6 heteroatoms. The summed E-state index contributed by atoms with van der Waals surface area (Å²) in [6.07, 6.45) is 1.90. The highest BCUT2D eigenvalue weighted by atomic mass is 16.6. The number of nitro groups is 1. The summed E-state index contributed by atoms with van der Waals surface area (Å²) < 4.78 is 11.2. The molecule has 0 spiro atoms. The molecular weight excluding hydrogens is 296 g/mol. The summed E-state index contributed by atoms with van der Waals surface area (Å²) in [7, 11) is 0. The van der Waals surface area contributed by atoms with E-state index in [1.54, 1.807) is 0 Å². The fraction of sp³-hybridized carbons (Fsp3) is 0.294. The van der Waals surface area contributed by atoms with Gasteiger partial charge in [0.1, 0.15) is 18.0 Å². The largest absolute Gasteiger partial charge is 0.493 e. The number of hydrogen-bond acceptors (Lipinski definition) is 5. The maximum absolute atomic E-state index is 11.2. The Morgan fingerprint density at radius 3 is 2.57 bits per heavy atom.